The average molecular weight is 410 g/mol. The second-order valence-corrected chi connectivity index (χ2v) is 5.29. The fraction of sp³-hybridized carbons (Fsp3) is 0.316. The molecule has 0 fully saturated rings. The van der Waals surface area contributed by atoms with Crippen LogP contribution in [0.5, 0.6) is 11.5 Å². The number of carbonyl (C=O) groups is 3. The van der Waals surface area contributed by atoms with E-state index >= 15 is 0 Å². The van der Waals surface area contributed by atoms with Gasteiger partial charge in [-0.2, -0.15) is 0 Å². The summed E-state index contributed by atoms with van der Waals surface area (Å²) in [6.45, 7) is 2.01. The van der Waals surface area contributed by atoms with Crippen molar-refractivity contribution in [3.8, 4) is 11.5 Å². The van der Waals surface area contributed by atoms with Gasteiger partial charge in [-0.15, -0.1) is 0 Å². The number of benzene rings is 1. The minimum Gasteiger partial charge on any atom is -0.511 e. The van der Waals surface area contributed by atoms with Gasteiger partial charge in [0.25, 0.3) is 0 Å². The first kappa shape index (κ1) is 23.3. The number of carbonyl (C=O) groups excluding carboxylic acids is 3. The van der Waals surface area contributed by atoms with Crippen molar-refractivity contribution in [3.63, 3.8) is 0 Å². The van der Waals surface area contributed by atoms with E-state index in [1.807, 2.05) is 6.92 Å². The maximum Gasteiger partial charge on any atom is 0.377 e. The third-order valence-corrected chi connectivity index (χ3v) is 3.37. The molecule has 1 aromatic rings. The standard InChI is InChI=1S/C19H22O10/c1-4-5-9-27-19(24)16-12(28-14(10-20)17(22)25-2)7-6-8-13(16)29-15(11-21)18(23)26-3/h6-8,10-11,20-21H,4-5,9H2,1-3H3/b14-10-,15-11-. The lowest BCUT2D eigenvalue weighted by Crippen LogP contribution is -2.16. The number of esters is 3. The highest BCUT2D eigenvalue weighted by molar-refractivity contribution is 5.97. The predicted octanol–water partition coefficient (Wildman–Crippen LogP) is 2.55. The van der Waals surface area contributed by atoms with E-state index in [0.29, 0.717) is 18.9 Å². The van der Waals surface area contributed by atoms with Crippen LogP contribution in [0, 0.1) is 0 Å². The molecule has 0 aliphatic heterocycles. The largest absolute Gasteiger partial charge is 0.511 e. The molecule has 10 nitrogen and oxygen atoms in total. The maximum atomic E-state index is 12.6. The number of rotatable bonds is 10. The minimum atomic E-state index is -1.00. The first-order valence-electron chi connectivity index (χ1n) is 8.44. The highest BCUT2D eigenvalue weighted by Gasteiger charge is 2.26. The van der Waals surface area contributed by atoms with Gasteiger partial charge in [-0.1, -0.05) is 19.4 Å². The number of hydrogen-bond acceptors (Lipinski definition) is 10. The Morgan fingerprint density at radius 1 is 0.931 bits per heavy atom. The molecular formula is C19H22O10. The fourth-order valence-electron chi connectivity index (χ4n) is 1.94. The Kier molecular flexibility index (Phi) is 9.59. The zero-order valence-corrected chi connectivity index (χ0v) is 16.2. The second-order valence-electron chi connectivity index (χ2n) is 5.29. The van der Waals surface area contributed by atoms with E-state index in [9.17, 15) is 24.6 Å². The third kappa shape index (κ3) is 6.45. The number of unbranched alkanes of at least 4 members (excludes halogenated alkanes) is 1. The van der Waals surface area contributed by atoms with Crippen molar-refractivity contribution in [1.29, 1.82) is 0 Å². The summed E-state index contributed by atoms with van der Waals surface area (Å²) in [7, 11) is 2.15. The normalized spacial score (nSPS) is 11.4. The molecule has 0 heterocycles. The molecule has 10 heteroatoms. The molecule has 0 aromatic heterocycles. The Labute approximate surface area is 166 Å². The lowest BCUT2D eigenvalue weighted by molar-refractivity contribution is -0.139. The summed E-state index contributed by atoms with van der Waals surface area (Å²) in [6, 6.07) is 3.98. The van der Waals surface area contributed by atoms with Crippen LogP contribution in [0.15, 0.2) is 42.2 Å². The first-order chi connectivity index (χ1) is 13.9. The molecule has 158 valence electrons. The fourth-order valence-corrected chi connectivity index (χ4v) is 1.94. The number of methoxy groups -OCH3 is 2. The summed E-state index contributed by atoms with van der Waals surface area (Å²) < 4.78 is 24.6. The monoisotopic (exact) mass is 410 g/mol. The Morgan fingerprint density at radius 3 is 1.79 bits per heavy atom. The summed E-state index contributed by atoms with van der Waals surface area (Å²) >= 11 is 0. The van der Waals surface area contributed by atoms with Crippen LogP contribution in [-0.2, 0) is 23.8 Å². The van der Waals surface area contributed by atoms with Gasteiger partial charge in [0.15, 0.2) is 0 Å². The van der Waals surface area contributed by atoms with Crippen LogP contribution in [-0.4, -0.2) is 48.9 Å². The van der Waals surface area contributed by atoms with Crippen molar-refractivity contribution in [1.82, 2.24) is 0 Å². The van der Waals surface area contributed by atoms with Crippen molar-refractivity contribution >= 4 is 17.9 Å². The van der Waals surface area contributed by atoms with Crippen molar-refractivity contribution in [2.75, 3.05) is 20.8 Å². The minimum absolute atomic E-state index is 0.0997. The van der Waals surface area contributed by atoms with Gasteiger partial charge in [0.05, 0.1) is 20.8 Å². The highest BCUT2D eigenvalue weighted by Crippen LogP contribution is 2.32. The topological polar surface area (TPSA) is 138 Å². The predicted molar refractivity (Wildman–Crippen MR) is 98.3 cm³/mol. The molecular weight excluding hydrogens is 388 g/mol. The third-order valence-electron chi connectivity index (χ3n) is 3.37. The van der Waals surface area contributed by atoms with Gasteiger partial charge in [-0.25, -0.2) is 14.4 Å². The molecule has 0 bridgehead atoms. The summed E-state index contributed by atoms with van der Waals surface area (Å²) in [6.07, 6.45) is 2.09. The van der Waals surface area contributed by atoms with Crippen molar-refractivity contribution < 1.29 is 48.3 Å². The molecule has 0 spiro atoms. The van der Waals surface area contributed by atoms with Gasteiger partial charge in [-0.3, -0.25) is 0 Å². The van der Waals surface area contributed by atoms with Crippen LogP contribution in [0.1, 0.15) is 30.1 Å². The van der Waals surface area contributed by atoms with Crippen molar-refractivity contribution in [2.24, 2.45) is 0 Å². The van der Waals surface area contributed by atoms with E-state index in [1.165, 1.54) is 18.2 Å². The van der Waals surface area contributed by atoms with Crippen LogP contribution in [0.25, 0.3) is 0 Å². The Balaban J connectivity index is 3.38. The average Bonchev–Trinajstić information content (AvgIpc) is 2.74. The maximum absolute atomic E-state index is 12.6. The molecule has 0 atom stereocenters. The highest BCUT2D eigenvalue weighted by atomic mass is 16.6. The smallest absolute Gasteiger partial charge is 0.377 e. The van der Waals surface area contributed by atoms with E-state index in [-0.39, 0.29) is 23.7 Å². The van der Waals surface area contributed by atoms with Gasteiger partial charge < -0.3 is 33.9 Å². The lowest BCUT2D eigenvalue weighted by atomic mass is 10.1. The Morgan fingerprint density at radius 2 is 1.41 bits per heavy atom. The number of ether oxygens (including phenoxy) is 5. The van der Waals surface area contributed by atoms with Gasteiger partial charge in [0, 0.05) is 0 Å². The SMILES string of the molecule is CCCCOC(=O)c1c(O/C(=C\O)C(=O)OC)cccc1O/C(=C\O)C(=O)OC. The lowest BCUT2D eigenvalue weighted by Gasteiger charge is -2.16. The summed E-state index contributed by atoms with van der Waals surface area (Å²) in [5.74, 6) is -4.57. The van der Waals surface area contributed by atoms with Gasteiger partial charge in [0.2, 0.25) is 11.5 Å². The molecule has 1 rings (SSSR count). The molecule has 29 heavy (non-hydrogen) atoms. The molecule has 0 aliphatic carbocycles. The van der Waals surface area contributed by atoms with Crippen molar-refractivity contribution in [2.45, 2.75) is 19.8 Å². The van der Waals surface area contributed by atoms with Gasteiger partial charge >= 0.3 is 17.9 Å². The van der Waals surface area contributed by atoms with E-state index in [0.717, 1.165) is 20.6 Å². The van der Waals surface area contributed by atoms with Gasteiger partial charge in [-0.05, 0) is 18.6 Å². The summed E-state index contributed by atoms with van der Waals surface area (Å²) in [5.41, 5.74) is -0.296. The molecule has 0 radical (unpaired) electrons. The van der Waals surface area contributed by atoms with Crippen LogP contribution in [0.4, 0.5) is 0 Å². The Hall–Kier alpha value is -3.69. The zero-order valence-electron chi connectivity index (χ0n) is 16.2. The second kappa shape index (κ2) is 11.9. The molecule has 0 amide bonds. The Bertz CT molecular complexity index is 742. The molecule has 0 saturated heterocycles. The van der Waals surface area contributed by atoms with Crippen LogP contribution in [0.2, 0.25) is 0 Å². The number of aliphatic hydroxyl groups is 2. The van der Waals surface area contributed by atoms with Crippen LogP contribution < -0.4 is 9.47 Å². The molecule has 1 aromatic carbocycles. The van der Waals surface area contributed by atoms with Crippen LogP contribution in [0.3, 0.4) is 0 Å². The molecule has 0 aliphatic rings. The first-order valence-corrected chi connectivity index (χ1v) is 8.44. The molecule has 2 N–H and O–H groups in total. The summed E-state index contributed by atoms with van der Waals surface area (Å²) in [4.78, 5) is 35.9. The van der Waals surface area contributed by atoms with E-state index < -0.39 is 29.4 Å². The van der Waals surface area contributed by atoms with E-state index in [2.05, 4.69) is 9.47 Å². The van der Waals surface area contributed by atoms with E-state index in [1.54, 1.807) is 0 Å². The van der Waals surface area contributed by atoms with E-state index in [4.69, 9.17) is 14.2 Å². The van der Waals surface area contributed by atoms with Crippen molar-refractivity contribution in [3.05, 3.63) is 47.8 Å². The zero-order chi connectivity index (χ0) is 21.8. The molecule has 0 saturated carbocycles. The van der Waals surface area contributed by atoms with Gasteiger partial charge in [0.1, 0.15) is 29.6 Å². The number of aliphatic hydroxyl groups excluding tert-OH is 2. The quantitative estimate of drug-likeness (QED) is 0.194. The van der Waals surface area contributed by atoms with Crippen LogP contribution >= 0.6 is 0 Å². The summed E-state index contributed by atoms with van der Waals surface area (Å²) in [5, 5.41) is 18.4. The number of hydrogen-bond donors (Lipinski definition) is 2. The molecule has 0 unspecified atom stereocenters.